The molecule has 2 rings (SSSR count). The lowest BCUT2D eigenvalue weighted by Crippen LogP contribution is -2.26. The van der Waals surface area contributed by atoms with Crippen LogP contribution in [0.5, 0.6) is 0 Å². The van der Waals surface area contributed by atoms with Crippen LogP contribution in [0.25, 0.3) is 0 Å². The summed E-state index contributed by atoms with van der Waals surface area (Å²) in [5.74, 6) is -0.573. The van der Waals surface area contributed by atoms with Crippen LogP contribution in [0.3, 0.4) is 0 Å². The maximum absolute atomic E-state index is 12.0. The number of esters is 2. The third kappa shape index (κ3) is 2.10. The Balaban J connectivity index is 2.19. The first kappa shape index (κ1) is 12.6. The molecule has 0 aliphatic heterocycles. The Hall–Kier alpha value is -1.84. The van der Waals surface area contributed by atoms with Crippen LogP contribution in [0, 0.1) is 5.92 Å². The second kappa shape index (κ2) is 4.80. The van der Waals surface area contributed by atoms with Crippen molar-refractivity contribution in [2.24, 2.45) is 5.92 Å². The predicted molar refractivity (Wildman–Crippen MR) is 64.9 cm³/mol. The third-order valence-electron chi connectivity index (χ3n) is 3.43. The Morgan fingerprint density at radius 2 is 2.00 bits per heavy atom. The molecule has 0 heterocycles. The average molecular weight is 248 g/mol. The topological polar surface area (TPSA) is 52.6 Å². The van der Waals surface area contributed by atoms with Gasteiger partial charge in [0.15, 0.2) is 0 Å². The van der Waals surface area contributed by atoms with Crippen LogP contribution >= 0.6 is 0 Å². The van der Waals surface area contributed by atoms with Crippen LogP contribution in [0.15, 0.2) is 30.3 Å². The maximum atomic E-state index is 12.0. The quantitative estimate of drug-likeness (QED) is 0.761. The standard InChI is InChI=1S/C14H16O4/c1-10(15)18-9-12-8-14(12,13(16)17-2)11-6-4-3-5-7-11/h3-7,12H,8-9H2,1-2H3/t12-,14-/m0/s1. The van der Waals surface area contributed by atoms with E-state index in [0.29, 0.717) is 6.42 Å². The lowest BCUT2D eigenvalue weighted by atomic mass is 9.93. The Kier molecular flexibility index (Phi) is 3.36. The molecule has 0 N–H and O–H groups in total. The van der Waals surface area contributed by atoms with E-state index in [9.17, 15) is 9.59 Å². The second-order valence-corrected chi connectivity index (χ2v) is 4.53. The normalized spacial score (nSPS) is 25.3. The molecule has 1 aromatic rings. The maximum Gasteiger partial charge on any atom is 0.316 e. The molecule has 0 spiro atoms. The van der Waals surface area contributed by atoms with Gasteiger partial charge < -0.3 is 9.47 Å². The smallest absolute Gasteiger partial charge is 0.316 e. The molecule has 0 radical (unpaired) electrons. The molecular weight excluding hydrogens is 232 g/mol. The molecule has 96 valence electrons. The Morgan fingerprint density at radius 1 is 1.33 bits per heavy atom. The first-order chi connectivity index (χ1) is 8.61. The molecule has 0 amide bonds. The van der Waals surface area contributed by atoms with Gasteiger partial charge in [-0.15, -0.1) is 0 Å². The summed E-state index contributed by atoms with van der Waals surface area (Å²) in [5.41, 5.74) is 0.292. The van der Waals surface area contributed by atoms with Gasteiger partial charge in [-0.25, -0.2) is 0 Å². The van der Waals surface area contributed by atoms with Crippen LogP contribution in [0.1, 0.15) is 18.9 Å². The van der Waals surface area contributed by atoms with Gasteiger partial charge in [-0.1, -0.05) is 30.3 Å². The average Bonchev–Trinajstić information content (AvgIpc) is 3.12. The summed E-state index contributed by atoms with van der Waals surface area (Å²) in [6.07, 6.45) is 0.664. The summed E-state index contributed by atoms with van der Waals surface area (Å²) in [7, 11) is 1.38. The fourth-order valence-corrected chi connectivity index (χ4v) is 2.39. The number of carbonyl (C=O) groups is 2. The van der Waals surface area contributed by atoms with Gasteiger partial charge in [0.1, 0.15) is 0 Å². The Labute approximate surface area is 106 Å². The second-order valence-electron chi connectivity index (χ2n) is 4.53. The van der Waals surface area contributed by atoms with Crippen molar-refractivity contribution in [1.82, 2.24) is 0 Å². The number of carbonyl (C=O) groups excluding carboxylic acids is 2. The molecule has 4 heteroatoms. The van der Waals surface area contributed by atoms with E-state index >= 15 is 0 Å². The number of hydrogen-bond donors (Lipinski definition) is 0. The van der Waals surface area contributed by atoms with E-state index in [1.54, 1.807) is 0 Å². The van der Waals surface area contributed by atoms with E-state index < -0.39 is 5.41 Å². The van der Waals surface area contributed by atoms with Crippen molar-refractivity contribution in [3.05, 3.63) is 35.9 Å². The highest BCUT2D eigenvalue weighted by atomic mass is 16.5. The van der Waals surface area contributed by atoms with Crippen molar-refractivity contribution >= 4 is 11.9 Å². The van der Waals surface area contributed by atoms with Crippen molar-refractivity contribution in [1.29, 1.82) is 0 Å². The van der Waals surface area contributed by atoms with E-state index in [4.69, 9.17) is 9.47 Å². The minimum atomic E-state index is -0.633. The Bertz CT molecular complexity index is 454. The van der Waals surface area contributed by atoms with Crippen LogP contribution in [0.4, 0.5) is 0 Å². The molecule has 1 saturated carbocycles. The monoisotopic (exact) mass is 248 g/mol. The van der Waals surface area contributed by atoms with Crippen molar-refractivity contribution in [3.63, 3.8) is 0 Å². The highest BCUT2D eigenvalue weighted by Gasteiger charge is 2.62. The molecule has 1 fully saturated rings. The van der Waals surface area contributed by atoms with Crippen molar-refractivity contribution < 1.29 is 19.1 Å². The summed E-state index contributed by atoms with van der Waals surface area (Å²) in [5, 5.41) is 0. The first-order valence-corrected chi connectivity index (χ1v) is 5.88. The number of ether oxygens (including phenoxy) is 2. The SMILES string of the molecule is COC(=O)[C@]1(c2ccccc2)C[C@H]1COC(C)=O. The highest BCUT2D eigenvalue weighted by molar-refractivity contribution is 5.87. The molecule has 4 nitrogen and oxygen atoms in total. The van der Waals surface area contributed by atoms with Crippen LogP contribution in [-0.4, -0.2) is 25.7 Å². The van der Waals surface area contributed by atoms with Gasteiger partial charge >= 0.3 is 11.9 Å². The molecule has 1 aliphatic rings. The molecular formula is C14H16O4. The zero-order chi connectivity index (χ0) is 13.2. The number of rotatable bonds is 4. The van der Waals surface area contributed by atoms with Gasteiger partial charge in [0.05, 0.1) is 19.1 Å². The highest BCUT2D eigenvalue weighted by Crippen LogP contribution is 2.55. The van der Waals surface area contributed by atoms with Gasteiger partial charge in [0.2, 0.25) is 0 Å². The van der Waals surface area contributed by atoms with Gasteiger partial charge in [-0.2, -0.15) is 0 Å². The van der Waals surface area contributed by atoms with E-state index in [-0.39, 0.29) is 24.5 Å². The minimum Gasteiger partial charge on any atom is -0.468 e. The molecule has 0 aromatic heterocycles. The molecule has 2 atom stereocenters. The summed E-state index contributed by atoms with van der Waals surface area (Å²) >= 11 is 0. The van der Waals surface area contributed by atoms with E-state index in [1.807, 2.05) is 30.3 Å². The fraction of sp³-hybridized carbons (Fsp3) is 0.429. The lowest BCUT2D eigenvalue weighted by Gasteiger charge is -2.15. The van der Waals surface area contributed by atoms with Crippen molar-refractivity contribution in [3.8, 4) is 0 Å². The summed E-state index contributed by atoms with van der Waals surface area (Å²) in [4.78, 5) is 22.8. The number of benzene rings is 1. The predicted octanol–water partition coefficient (Wildman–Crippen LogP) is 1.68. The number of methoxy groups -OCH3 is 1. The lowest BCUT2D eigenvalue weighted by molar-refractivity contribution is -0.146. The zero-order valence-corrected chi connectivity index (χ0v) is 10.5. The van der Waals surface area contributed by atoms with E-state index in [1.165, 1.54) is 14.0 Å². The molecule has 1 aromatic carbocycles. The number of hydrogen-bond acceptors (Lipinski definition) is 4. The molecule has 0 saturated heterocycles. The Morgan fingerprint density at radius 3 is 2.56 bits per heavy atom. The van der Waals surface area contributed by atoms with E-state index in [0.717, 1.165) is 5.56 Å². The molecule has 1 aliphatic carbocycles. The first-order valence-electron chi connectivity index (χ1n) is 5.88. The molecule has 0 bridgehead atoms. The van der Waals surface area contributed by atoms with Gasteiger partial charge in [-0.05, 0) is 12.0 Å². The molecule has 0 unspecified atom stereocenters. The van der Waals surface area contributed by atoms with Crippen LogP contribution < -0.4 is 0 Å². The van der Waals surface area contributed by atoms with Crippen LogP contribution in [0.2, 0.25) is 0 Å². The summed E-state index contributed by atoms with van der Waals surface area (Å²) in [6, 6.07) is 9.50. The van der Waals surface area contributed by atoms with Crippen LogP contribution in [-0.2, 0) is 24.5 Å². The summed E-state index contributed by atoms with van der Waals surface area (Å²) in [6.45, 7) is 1.63. The van der Waals surface area contributed by atoms with Gasteiger partial charge in [0.25, 0.3) is 0 Å². The largest absolute Gasteiger partial charge is 0.468 e. The fourth-order valence-electron chi connectivity index (χ4n) is 2.39. The molecule has 18 heavy (non-hydrogen) atoms. The van der Waals surface area contributed by atoms with Crippen molar-refractivity contribution in [2.75, 3.05) is 13.7 Å². The third-order valence-corrected chi connectivity index (χ3v) is 3.43. The summed E-state index contributed by atoms with van der Waals surface area (Å²) < 4.78 is 9.88. The van der Waals surface area contributed by atoms with Gasteiger partial charge in [0, 0.05) is 12.8 Å². The van der Waals surface area contributed by atoms with E-state index in [2.05, 4.69) is 0 Å². The van der Waals surface area contributed by atoms with Crippen molar-refractivity contribution in [2.45, 2.75) is 18.8 Å². The zero-order valence-electron chi connectivity index (χ0n) is 10.5. The van der Waals surface area contributed by atoms with Gasteiger partial charge in [-0.3, -0.25) is 9.59 Å². The minimum absolute atomic E-state index is 0.0104.